The second-order valence-electron chi connectivity index (χ2n) is 4.41. The number of benzene rings is 1. The number of aliphatic carboxylic acids is 1. The first-order valence-electron chi connectivity index (χ1n) is 5.77. The smallest absolute Gasteiger partial charge is 0.307 e. The molecule has 0 saturated carbocycles. The van der Waals surface area contributed by atoms with Gasteiger partial charge in [-0.3, -0.25) is 9.69 Å². The van der Waals surface area contributed by atoms with E-state index in [0.29, 0.717) is 6.54 Å². The number of carbonyl (C=O) groups is 1. The molecular weight excluding hydrogens is 234 g/mol. The van der Waals surface area contributed by atoms with E-state index < -0.39 is 5.97 Å². The predicted molar refractivity (Wildman–Crippen MR) is 69.2 cm³/mol. The Bertz CT molecular complexity index is 391. The molecule has 2 rings (SSSR count). The number of hydrogen-bond donors (Lipinski definition) is 1. The van der Waals surface area contributed by atoms with Crippen molar-refractivity contribution in [2.24, 2.45) is 5.92 Å². The Morgan fingerprint density at radius 3 is 2.71 bits per heavy atom. The van der Waals surface area contributed by atoms with Crippen LogP contribution in [0.5, 0.6) is 0 Å². The van der Waals surface area contributed by atoms with Gasteiger partial charge in [-0.2, -0.15) is 0 Å². The summed E-state index contributed by atoms with van der Waals surface area (Å²) in [5.41, 5.74) is 1.26. The van der Waals surface area contributed by atoms with Gasteiger partial charge >= 0.3 is 5.97 Å². The summed E-state index contributed by atoms with van der Waals surface area (Å²) in [7, 11) is 0. The fourth-order valence-corrected chi connectivity index (χ4v) is 2.58. The molecule has 0 amide bonds. The van der Waals surface area contributed by atoms with Crippen LogP contribution in [-0.4, -0.2) is 35.3 Å². The molecule has 1 atom stereocenters. The van der Waals surface area contributed by atoms with Gasteiger partial charge in [0.1, 0.15) is 0 Å². The molecule has 1 saturated heterocycles. The average molecular weight is 251 g/mol. The van der Waals surface area contributed by atoms with Crippen LogP contribution in [-0.2, 0) is 11.3 Å². The molecule has 1 aliphatic rings. The molecule has 1 aliphatic heterocycles. The van der Waals surface area contributed by atoms with E-state index in [1.807, 2.05) is 0 Å². The second kappa shape index (κ2) is 5.56. The molecular formula is C13H17NO2S. The minimum atomic E-state index is -0.662. The SMILES string of the molecule is CSc1ccc(CN2CCC(C(=O)O)C2)cc1. The van der Waals surface area contributed by atoms with E-state index in [-0.39, 0.29) is 5.92 Å². The van der Waals surface area contributed by atoms with Gasteiger partial charge in [-0.05, 0) is 36.9 Å². The first-order chi connectivity index (χ1) is 8.19. The molecule has 3 nitrogen and oxygen atoms in total. The lowest BCUT2D eigenvalue weighted by atomic mass is 10.1. The molecule has 4 heteroatoms. The fourth-order valence-electron chi connectivity index (χ4n) is 2.17. The van der Waals surface area contributed by atoms with Crippen molar-refractivity contribution in [3.63, 3.8) is 0 Å². The van der Waals surface area contributed by atoms with Crippen LogP contribution >= 0.6 is 11.8 Å². The van der Waals surface area contributed by atoms with Gasteiger partial charge in [0.2, 0.25) is 0 Å². The van der Waals surface area contributed by atoms with Gasteiger partial charge in [0, 0.05) is 18.0 Å². The van der Waals surface area contributed by atoms with Crippen molar-refractivity contribution >= 4 is 17.7 Å². The standard InChI is InChI=1S/C13H17NO2S/c1-17-12-4-2-10(3-5-12)8-14-7-6-11(9-14)13(15)16/h2-5,11H,6-9H2,1H3,(H,15,16). The summed E-state index contributed by atoms with van der Waals surface area (Å²) in [6.07, 6.45) is 2.84. The van der Waals surface area contributed by atoms with Crippen molar-refractivity contribution in [3.8, 4) is 0 Å². The minimum Gasteiger partial charge on any atom is -0.481 e. The highest BCUT2D eigenvalue weighted by molar-refractivity contribution is 7.98. The number of thioether (sulfide) groups is 1. The van der Waals surface area contributed by atoms with Crippen LogP contribution in [0.2, 0.25) is 0 Å². The second-order valence-corrected chi connectivity index (χ2v) is 5.29. The number of rotatable bonds is 4. The fraction of sp³-hybridized carbons (Fsp3) is 0.462. The van der Waals surface area contributed by atoms with E-state index in [0.717, 1.165) is 19.5 Å². The van der Waals surface area contributed by atoms with Crippen molar-refractivity contribution in [1.29, 1.82) is 0 Å². The van der Waals surface area contributed by atoms with Crippen LogP contribution in [0.25, 0.3) is 0 Å². The van der Waals surface area contributed by atoms with Gasteiger partial charge in [0.25, 0.3) is 0 Å². The lowest BCUT2D eigenvalue weighted by molar-refractivity contribution is -0.141. The van der Waals surface area contributed by atoms with E-state index in [1.165, 1.54) is 10.5 Å². The number of likely N-dealkylation sites (tertiary alicyclic amines) is 1. The summed E-state index contributed by atoms with van der Waals surface area (Å²) in [4.78, 5) is 14.3. The van der Waals surface area contributed by atoms with Crippen LogP contribution < -0.4 is 0 Å². The Hall–Kier alpha value is -1.00. The number of carboxylic acids is 1. The van der Waals surface area contributed by atoms with Crippen molar-refractivity contribution in [1.82, 2.24) is 4.90 Å². The zero-order chi connectivity index (χ0) is 12.3. The van der Waals surface area contributed by atoms with E-state index in [2.05, 4.69) is 35.4 Å². The molecule has 1 aromatic carbocycles. The monoisotopic (exact) mass is 251 g/mol. The van der Waals surface area contributed by atoms with Gasteiger partial charge in [-0.15, -0.1) is 11.8 Å². The summed E-state index contributed by atoms with van der Waals surface area (Å²) in [6, 6.07) is 8.48. The molecule has 0 radical (unpaired) electrons. The van der Waals surface area contributed by atoms with Crippen LogP contribution in [0.4, 0.5) is 0 Å². The highest BCUT2D eigenvalue weighted by Crippen LogP contribution is 2.20. The average Bonchev–Trinajstić information content (AvgIpc) is 2.79. The first kappa shape index (κ1) is 12.5. The van der Waals surface area contributed by atoms with Crippen molar-refractivity contribution in [3.05, 3.63) is 29.8 Å². The quantitative estimate of drug-likeness (QED) is 0.834. The van der Waals surface area contributed by atoms with Crippen LogP contribution in [0.15, 0.2) is 29.2 Å². The Morgan fingerprint density at radius 2 is 2.18 bits per heavy atom. The molecule has 0 spiro atoms. The lowest BCUT2D eigenvalue weighted by Crippen LogP contribution is -2.22. The Kier molecular flexibility index (Phi) is 4.07. The zero-order valence-electron chi connectivity index (χ0n) is 9.93. The van der Waals surface area contributed by atoms with Gasteiger partial charge in [0.05, 0.1) is 5.92 Å². The molecule has 1 fully saturated rings. The molecule has 0 aromatic heterocycles. The summed E-state index contributed by atoms with van der Waals surface area (Å²) in [5.74, 6) is -0.842. The Labute approximate surface area is 106 Å². The molecule has 92 valence electrons. The normalized spacial score (nSPS) is 20.6. The largest absolute Gasteiger partial charge is 0.481 e. The number of nitrogens with zero attached hydrogens (tertiary/aromatic N) is 1. The maximum Gasteiger partial charge on any atom is 0.307 e. The molecule has 0 bridgehead atoms. The molecule has 0 aliphatic carbocycles. The van der Waals surface area contributed by atoms with E-state index in [4.69, 9.17) is 5.11 Å². The van der Waals surface area contributed by atoms with Crippen LogP contribution in [0, 0.1) is 5.92 Å². The van der Waals surface area contributed by atoms with E-state index >= 15 is 0 Å². The third kappa shape index (κ3) is 3.23. The van der Waals surface area contributed by atoms with Gasteiger partial charge in [-0.25, -0.2) is 0 Å². The summed E-state index contributed by atoms with van der Waals surface area (Å²) in [5, 5.41) is 8.94. The maximum atomic E-state index is 10.9. The summed E-state index contributed by atoms with van der Waals surface area (Å²) in [6.45, 7) is 2.43. The maximum absolute atomic E-state index is 10.9. The van der Waals surface area contributed by atoms with Crippen LogP contribution in [0.1, 0.15) is 12.0 Å². The first-order valence-corrected chi connectivity index (χ1v) is 6.99. The van der Waals surface area contributed by atoms with Crippen LogP contribution in [0.3, 0.4) is 0 Å². The third-order valence-corrected chi connectivity index (χ3v) is 3.93. The molecule has 17 heavy (non-hydrogen) atoms. The van der Waals surface area contributed by atoms with Crippen molar-refractivity contribution in [2.75, 3.05) is 19.3 Å². The lowest BCUT2D eigenvalue weighted by Gasteiger charge is -2.15. The van der Waals surface area contributed by atoms with E-state index in [1.54, 1.807) is 11.8 Å². The highest BCUT2D eigenvalue weighted by Gasteiger charge is 2.27. The predicted octanol–water partition coefficient (Wildman–Crippen LogP) is 2.32. The molecule has 1 heterocycles. The topological polar surface area (TPSA) is 40.5 Å². The molecule has 1 N–H and O–H groups in total. The van der Waals surface area contributed by atoms with Crippen molar-refractivity contribution in [2.45, 2.75) is 17.9 Å². The van der Waals surface area contributed by atoms with Crippen molar-refractivity contribution < 1.29 is 9.90 Å². The van der Waals surface area contributed by atoms with Gasteiger partial charge < -0.3 is 5.11 Å². The minimum absolute atomic E-state index is 0.180. The third-order valence-electron chi connectivity index (χ3n) is 3.19. The zero-order valence-corrected chi connectivity index (χ0v) is 10.7. The number of carboxylic acid groups (broad SMARTS) is 1. The Balaban J connectivity index is 1.91. The van der Waals surface area contributed by atoms with E-state index in [9.17, 15) is 4.79 Å². The molecule has 1 unspecified atom stereocenters. The Morgan fingerprint density at radius 1 is 1.47 bits per heavy atom. The number of hydrogen-bond acceptors (Lipinski definition) is 3. The van der Waals surface area contributed by atoms with Gasteiger partial charge in [0.15, 0.2) is 0 Å². The van der Waals surface area contributed by atoms with Gasteiger partial charge in [-0.1, -0.05) is 12.1 Å². The highest BCUT2D eigenvalue weighted by atomic mass is 32.2. The summed E-state index contributed by atoms with van der Waals surface area (Å²) < 4.78 is 0. The molecule has 1 aromatic rings. The summed E-state index contributed by atoms with van der Waals surface area (Å²) >= 11 is 1.73.